The molecule has 190 valence electrons. The lowest BCUT2D eigenvalue weighted by molar-refractivity contribution is -0.161. The number of aliphatic carboxylic acids is 1. The monoisotopic (exact) mass is 529 g/mol. The van der Waals surface area contributed by atoms with Gasteiger partial charge in [-0.2, -0.15) is 0 Å². The molecule has 4 rings (SSSR count). The topological polar surface area (TPSA) is 157 Å². The van der Waals surface area contributed by atoms with Crippen molar-refractivity contribution < 1.29 is 24.3 Å². The standard InChI is InChI=1S/C24H27N5O5S2/c1-12-6-4-7-13(10-12)28(16(30)11-15(25)26)18(14-8-5-9-35-14)20(31)27-17-21(32)29-19(23(33)34)24(2,3)36-22(17)29/h4-10,17-19,22H,11H2,1-3H3,(H3,25,26)(H,27,31)(H,33,34)/t17-,18?,19+,22-/m1/s1. The number of β-lactam (4-membered cyclic amide) rings is 1. The second kappa shape index (κ2) is 9.58. The number of carboxylic acid groups (broad SMARTS) is 1. The number of thioether (sulfide) groups is 1. The van der Waals surface area contributed by atoms with Gasteiger partial charge in [-0.1, -0.05) is 18.2 Å². The zero-order valence-corrected chi connectivity index (χ0v) is 21.6. The lowest BCUT2D eigenvalue weighted by Gasteiger charge is -2.44. The first-order chi connectivity index (χ1) is 16.9. The van der Waals surface area contributed by atoms with Gasteiger partial charge >= 0.3 is 5.97 Å². The van der Waals surface area contributed by atoms with Crippen LogP contribution in [0, 0.1) is 12.3 Å². The highest BCUT2D eigenvalue weighted by molar-refractivity contribution is 8.01. The number of nitrogens with one attached hydrogen (secondary N) is 2. The van der Waals surface area contributed by atoms with E-state index in [9.17, 15) is 24.3 Å². The maximum atomic E-state index is 13.8. The zero-order chi connectivity index (χ0) is 26.4. The van der Waals surface area contributed by atoms with Crippen LogP contribution < -0.4 is 16.0 Å². The summed E-state index contributed by atoms with van der Waals surface area (Å²) in [5, 5.41) is 21.3. The van der Waals surface area contributed by atoms with Gasteiger partial charge in [-0.25, -0.2) is 4.79 Å². The molecule has 3 heterocycles. The predicted octanol–water partition coefficient (Wildman–Crippen LogP) is 2.09. The van der Waals surface area contributed by atoms with Crippen molar-refractivity contribution in [3.63, 3.8) is 0 Å². The lowest BCUT2D eigenvalue weighted by atomic mass is 9.96. The highest BCUT2D eigenvalue weighted by atomic mass is 32.2. The number of fused-ring (bicyclic) bond motifs is 1. The van der Waals surface area contributed by atoms with Gasteiger partial charge in [0, 0.05) is 15.3 Å². The van der Waals surface area contributed by atoms with E-state index in [0.29, 0.717) is 10.6 Å². The average Bonchev–Trinajstić information content (AvgIpc) is 3.39. The minimum Gasteiger partial charge on any atom is -0.480 e. The maximum Gasteiger partial charge on any atom is 0.327 e. The molecule has 0 bridgehead atoms. The summed E-state index contributed by atoms with van der Waals surface area (Å²) >= 11 is 2.61. The molecule has 12 heteroatoms. The molecule has 1 aromatic heterocycles. The average molecular weight is 530 g/mol. The minimum atomic E-state index is -1.12. The molecular weight excluding hydrogens is 502 g/mol. The molecule has 2 aromatic rings. The number of carbonyl (C=O) groups is 4. The van der Waals surface area contributed by atoms with Gasteiger partial charge in [0.1, 0.15) is 29.3 Å². The number of amides is 3. The summed E-state index contributed by atoms with van der Waals surface area (Å²) < 4.78 is -0.732. The van der Waals surface area contributed by atoms with E-state index in [1.165, 1.54) is 32.9 Å². The van der Waals surface area contributed by atoms with E-state index in [2.05, 4.69) is 5.32 Å². The van der Waals surface area contributed by atoms with Crippen molar-refractivity contribution in [2.45, 2.75) is 55.4 Å². The molecule has 2 aliphatic rings. The highest BCUT2D eigenvalue weighted by Crippen LogP contribution is 2.51. The molecule has 36 heavy (non-hydrogen) atoms. The van der Waals surface area contributed by atoms with E-state index >= 15 is 0 Å². The molecule has 0 spiro atoms. The summed E-state index contributed by atoms with van der Waals surface area (Å²) in [4.78, 5) is 55.0. The second-order valence-electron chi connectivity index (χ2n) is 9.31. The van der Waals surface area contributed by atoms with Gasteiger partial charge < -0.3 is 21.1 Å². The number of amidine groups is 1. The van der Waals surface area contributed by atoms with Crippen molar-refractivity contribution in [1.82, 2.24) is 10.2 Å². The molecule has 10 nitrogen and oxygen atoms in total. The number of hydrogen-bond donors (Lipinski definition) is 4. The molecule has 0 aliphatic carbocycles. The van der Waals surface area contributed by atoms with Crippen molar-refractivity contribution in [2.75, 3.05) is 4.90 Å². The van der Waals surface area contributed by atoms with Crippen LogP contribution in [0.4, 0.5) is 5.69 Å². The molecule has 2 aliphatic heterocycles. The normalized spacial score (nSPS) is 22.8. The molecule has 1 aromatic carbocycles. The Morgan fingerprint density at radius 1 is 1.28 bits per heavy atom. The Morgan fingerprint density at radius 2 is 2.00 bits per heavy atom. The van der Waals surface area contributed by atoms with Gasteiger partial charge in [0.2, 0.25) is 17.7 Å². The largest absolute Gasteiger partial charge is 0.480 e. The van der Waals surface area contributed by atoms with Gasteiger partial charge in [-0.3, -0.25) is 24.7 Å². The summed E-state index contributed by atoms with van der Waals surface area (Å²) in [6, 6.07) is 7.52. The number of nitrogens with two attached hydrogens (primary N) is 1. The predicted molar refractivity (Wildman–Crippen MR) is 138 cm³/mol. The fourth-order valence-corrected chi connectivity index (χ4v) is 7.10. The number of carbonyl (C=O) groups excluding carboxylic acids is 3. The lowest BCUT2D eigenvalue weighted by Crippen LogP contribution is -2.71. The third-order valence-corrected chi connectivity index (χ3v) is 8.68. The van der Waals surface area contributed by atoms with E-state index in [4.69, 9.17) is 11.1 Å². The summed E-state index contributed by atoms with van der Waals surface area (Å²) in [6.45, 7) is 5.38. The Labute approximate surface area is 216 Å². The van der Waals surface area contributed by atoms with Crippen LogP contribution in [-0.2, 0) is 19.2 Å². The summed E-state index contributed by atoms with van der Waals surface area (Å²) in [5.74, 6) is -3.01. The molecular formula is C24H27N5O5S2. The number of aryl methyl sites for hydroxylation is 1. The van der Waals surface area contributed by atoms with Crippen molar-refractivity contribution in [1.29, 1.82) is 5.41 Å². The van der Waals surface area contributed by atoms with Crippen molar-refractivity contribution in [3.05, 3.63) is 52.2 Å². The number of rotatable bonds is 8. The number of hydrogen-bond acceptors (Lipinski definition) is 7. The Morgan fingerprint density at radius 3 is 2.58 bits per heavy atom. The summed E-state index contributed by atoms with van der Waals surface area (Å²) in [5.41, 5.74) is 6.85. The molecule has 3 amide bonds. The molecule has 2 saturated heterocycles. The summed E-state index contributed by atoms with van der Waals surface area (Å²) in [6.07, 6.45) is -0.383. The van der Waals surface area contributed by atoms with E-state index in [1.807, 2.05) is 13.0 Å². The number of nitrogens with zero attached hydrogens (tertiary/aromatic N) is 2. The van der Waals surface area contributed by atoms with E-state index in [0.717, 1.165) is 5.56 Å². The Balaban J connectivity index is 1.68. The quantitative estimate of drug-likeness (QED) is 0.232. The van der Waals surface area contributed by atoms with Gasteiger partial charge in [-0.05, 0) is 49.9 Å². The SMILES string of the molecule is Cc1cccc(N(C(=O)CC(=N)N)C(C(=O)N[C@@H]2C(=O)N3[C@@H]2SC(C)(C)[C@@H]3C(=O)O)c2cccs2)c1. The third-order valence-electron chi connectivity index (χ3n) is 6.18. The molecule has 0 saturated carbocycles. The molecule has 1 unspecified atom stereocenters. The first-order valence-corrected chi connectivity index (χ1v) is 13.0. The van der Waals surface area contributed by atoms with Crippen molar-refractivity contribution in [3.8, 4) is 0 Å². The minimum absolute atomic E-state index is 0.336. The highest BCUT2D eigenvalue weighted by Gasteiger charge is 2.64. The van der Waals surface area contributed by atoms with Gasteiger partial charge in [0.05, 0.1) is 6.42 Å². The van der Waals surface area contributed by atoms with Crippen LogP contribution in [0.1, 0.15) is 36.8 Å². The van der Waals surface area contributed by atoms with Crippen molar-refractivity contribution in [2.24, 2.45) is 5.73 Å². The number of anilines is 1. The van der Waals surface area contributed by atoms with Crippen LogP contribution in [0.2, 0.25) is 0 Å². The van der Waals surface area contributed by atoms with E-state index < -0.39 is 51.9 Å². The van der Waals surface area contributed by atoms with E-state index in [1.54, 1.807) is 49.6 Å². The first kappa shape index (κ1) is 25.7. The van der Waals surface area contributed by atoms with Crippen LogP contribution in [-0.4, -0.2) is 61.7 Å². The Bertz CT molecular complexity index is 1230. The maximum absolute atomic E-state index is 13.8. The van der Waals surface area contributed by atoms with Crippen molar-refractivity contribution >= 4 is 58.3 Å². The van der Waals surface area contributed by atoms with Gasteiger partial charge in [0.25, 0.3) is 0 Å². The fourth-order valence-electron chi connectivity index (χ4n) is 4.66. The first-order valence-electron chi connectivity index (χ1n) is 11.2. The second-order valence-corrected chi connectivity index (χ2v) is 12.1. The van der Waals surface area contributed by atoms with Gasteiger partial charge in [0.15, 0.2) is 0 Å². The Kier molecular flexibility index (Phi) is 6.84. The third kappa shape index (κ3) is 4.58. The van der Waals surface area contributed by atoms with Crippen LogP contribution in [0.25, 0.3) is 0 Å². The fraction of sp³-hybridized carbons (Fsp3) is 0.375. The number of carboxylic acids is 1. The van der Waals surface area contributed by atoms with E-state index in [-0.39, 0.29) is 12.3 Å². The molecule has 5 N–H and O–H groups in total. The van der Waals surface area contributed by atoms with Crippen LogP contribution >= 0.6 is 23.1 Å². The number of benzene rings is 1. The smallest absolute Gasteiger partial charge is 0.327 e. The zero-order valence-electron chi connectivity index (χ0n) is 19.9. The van der Waals surface area contributed by atoms with Crippen LogP contribution in [0.5, 0.6) is 0 Å². The molecule has 4 atom stereocenters. The van der Waals surface area contributed by atoms with Crippen LogP contribution in [0.15, 0.2) is 41.8 Å². The van der Waals surface area contributed by atoms with Crippen LogP contribution in [0.3, 0.4) is 0 Å². The molecule has 2 fully saturated rings. The molecule has 0 radical (unpaired) electrons. The van der Waals surface area contributed by atoms with Gasteiger partial charge in [-0.15, -0.1) is 23.1 Å². The number of thiophene rings is 1. The Hall–Kier alpha value is -3.38. The summed E-state index contributed by atoms with van der Waals surface area (Å²) in [7, 11) is 0.